The summed E-state index contributed by atoms with van der Waals surface area (Å²) in [5.41, 5.74) is 6.14. The van der Waals surface area contributed by atoms with Gasteiger partial charge in [0.05, 0.1) is 4.90 Å². The highest BCUT2D eigenvalue weighted by molar-refractivity contribution is 7.90. The van der Waals surface area contributed by atoms with E-state index < -0.39 is 9.84 Å². The largest absolute Gasteiger partial charge is 0.439 e. The number of benzene rings is 1. The quantitative estimate of drug-likeness (QED) is 0.915. The molecule has 0 saturated heterocycles. The van der Waals surface area contributed by atoms with Gasteiger partial charge in [0.2, 0.25) is 5.88 Å². The van der Waals surface area contributed by atoms with E-state index in [1.54, 1.807) is 24.3 Å². The fourth-order valence-electron chi connectivity index (χ4n) is 1.36. The molecule has 0 radical (unpaired) electrons. The van der Waals surface area contributed by atoms with Crippen LogP contribution in [0.5, 0.6) is 11.6 Å². The van der Waals surface area contributed by atoms with Crippen LogP contribution in [0.25, 0.3) is 0 Å². The molecule has 0 bridgehead atoms. The van der Waals surface area contributed by atoms with Crippen molar-refractivity contribution in [3.63, 3.8) is 0 Å². The van der Waals surface area contributed by atoms with E-state index >= 15 is 0 Å². The third-order valence-electron chi connectivity index (χ3n) is 2.23. The van der Waals surface area contributed by atoms with E-state index in [4.69, 9.17) is 10.5 Å². The number of ether oxygens (including phenoxy) is 1. The fraction of sp³-hybridized carbons (Fsp3) is 0.0833. The maximum atomic E-state index is 11.3. The SMILES string of the molecule is CS(=O)(=O)c1ccc(Oc2cc(N)ccn2)cc1. The van der Waals surface area contributed by atoms with Gasteiger partial charge in [0.1, 0.15) is 5.75 Å². The van der Waals surface area contributed by atoms with Crippen LogP contribution in [0.2, 0.25) is 0 Å². The monoisotopic (exact) mass is 264 g/mol. The molecule has 1 aromatic carbocycles. The van der Waals surface area contributed by atoms with Gasteiger partial charge < -0.3 is 10.5 Å². The Balaban J connectivity index is 2.21. The number of rotatable bonds is 3. The van der Waals surface area contributed by atoms with Crippen molar-refractivity contribution in [3.05, 3.63) is 42.6 Å². The van der Waals surface area contributed by atoms with E-state index in [-0.39, 0.29) is 4.90 Å². The second-order valence-corrected chi connectivity index (χ2v) is 5.79. The predicted molar refractivity (Wildman–Crippen MR) is 68.3 cm³/mol. The summed E-state index contributed by atoms with van der Waals surface area (Å²) in [7, 11) is -3.19. The zero-order valence-corrected chi connectivity index (χ0v) is 10.5. The Morgan fingerprint density at radius 3 is 2.39 bits per heavy atom. The molecule has 2 N–H and O–H groups in total. The van der Waals surface area contributed by atoms with Crippen molar-refractivity contribution in [2.75, 3.05) is 12.0 Å². The van der Waals surface area contributed by atoms with Crippen molar-refractivity contribution in [2.24, 2.45) is 0 Å². The molecule has 2 rings (SSSR count). The van der Waals surface area contributed by atoms with Crippen molar-refractivity contribution in [1.29, 1.82) is 0 Å². The molecule has 0 fully saturated rings. The minimum atomic E-state index is -3.19. The molecule has 1 heterocycles. The number of aromatic nitrogens is 1. The zero-order chi connectivity index (χ0) is 13.2. The van der Waals surface area contributed by atoms with Crippen LogP contribution in [0.1, 0.15) is 0 Å². The van der Waals surface area contributed by atoms with Crippen LogP contribution in [0.3, 0.4) is 0 Å². The first-order valence-corrected chi connectivity index (χ1v) is 7.04. The van der Waals surface area contributed by atoms with E-state index in [1.165, 1.54) is 18.3 Å². The molecule has 6 heteroatoms. The Morgan fingerprint density at radius 2 is 1.83 bits per heavy atom. The van der Waals surface area contributed by atoms with Crippen LogP contribution < -0.4 is 10.5 Å². The highest BCUT2D eigenvalue weighted by Gasteiger charge is 2.07. The smallest absolute Gasteiger partial charge is 0.221 e. The number of pyridine rings is 1. The average Bonchev–Trinajstić information content (AvgIpc) is 2.28. The molecule has 0 unspecified atom stereocenters. The Bertz CT molecular complexity index is 651. The van der Waals surface area contributed by atoms with Crippen LogP contribution in [0.15, 0.2) is 47.5 Å². The minimum absolute atomic E-state index is 0.246. The molecule has 0 spiro atoms. The summed E-state index contributed by atoms with van der Waals surface area (Å²) in [5, 5.41) is 0. The summed E-state index contributed by atoms with van der Waals surface area (Å²) in [4.78, 5) is 4.23. The van der Waals surface area contributed by atoms with Crippen molar-refractivity contribution >= 4 is 15.5 Å². The van der Waals surface area contributed by atoms with Gasteiger partial charge in [0.15, 0.2) is 9.84 Å². The molecule has 18 heavy (non-hydrogen) atoms. The number of sulfone groups is 1. The van der Waals surface area contributed by atoms with Gasteiger partial charge in [-0.1, -0.05) is 0 Å². The predicted octanol–water partition coefficient (Wildman–Crippen LogP) is 1.86. The Hall–Kier alpha value is -2.08. The van der Waals surface area contributed by atoms with Crippen molar-refractivity contribution < 1.29 is 13.2 Å². The number of anilines is 1. The topological polar surface area (TPSA) is 82.3 Å². The van der Waals surface area contributed by atoms with Crippen LogP contribution >= 0.6 is 0 Å². The molecular formula is C12H12N2O3S. The van der Waals surface area contributed by atoms with Crippen LogP contribution in [0.4, 0.5) is 5.69 Å². The van der Waals surface area contributed by atoms with Crippen molar-refractivity contribution in [3.8, 4) is 11.6 Å². The highest BCUT2D eigenvalue weighted by atomic mass is 32.2. The van der Waals surface area contributed by atoms with E-state index in [2.05, 4.69) is 4.98 Å². The minimum Gasteiger partial charge on any atom is -0.439 e. The van der Waals surface area contributed by atoms with Crippen molar-refractivity contribution in [2.45, 2.75) is 4.90 Å². The van der Waals surface area contributed by atoms with Gasteiger partial charge in [-0.15, -0.1) is 0 Å². The molecule has 2 aromatic rings. The molecule has 1 aromatic heterocycles. The number of hydrogen-bond acceptors (Lipinski definition) is 5. The standard InChI is InChI=1S/C12H12N2O3S/c1-18(15,16)11-4-2-10(3-5-11)17-12-8-9(13)6-7-14-12/h2-8H,1H3,(H2,13,14). The normalized spacial score (nSPS) is 11.2. The van der Waals surface area contributed by atoms with E-state index in [0.29, 0.717) is 17.3 Å². The summed E-state index contributed by atoms with van der Waals surface area (Å²) < 4.78 is 28.0. The number of hydrogen-bond donors (Lipinski definition) is 1. The first-order chi connectivity index (χ1) is 8.45. The molecule has 0 aliphatic rings. The number of nitrogens with two attached hydrogens (primary N) is 1. The lowest BCUT2D eigenvalue weighted by molar-refractivity contribution is 0.463. The summed E-state index contributed by atoms with van der Waals surface area (Å²) in [6.45, 7) is 0. The summed E-state index contributed by atoms with van der Waals surface area (Å²) in [6, 6.07) is 9.35. The third kappa shape index (κ3) is 2.98. The molecule has 5 nitrogen and oxygen atoms in total. The summed E-state index contributed by atoms with van der Waals surface area (Å²) in [5.74, 6) is 0.864. The molecule has 94 valence electrons. The fourth-order valence-corrected chi connectivity index (χ4v) is 1.99. The first kappa shape index (κ1) is 12.4. The number of nitrogens with zero attached hydrogens (tertiary/aromatic N) is 1. The van der Waals surface area contributed by atoms with Gasteiger partial charge in [0.25, 0.3) is 0 Å². The lowest BCUT2D eigenvalue weighted by Crippen LogP contribution is -1.96. The first-order valence-electron chi connectivity index (χ1n) is 5.15. The Morgan fingerprint density at radius 1 is 1.17 bits per heavy atom. The molecule has 0 aliphatic heterocycles. The maximum Gasteiger partial charge on any atom is 0.221 e. The lowest BCUT2D eigenvalue weighted by atomic mass is 10.3. The van der Waals surface area contributed by atoms with Crippen LogP contribution in [-0.2, 0) is 9.84 Å². The van der Waals surface area contributed by atoms with Crippen LogP contribution in [0, 0.1) is 0 Å². The van der Waals surface area contributed by atoms with Gasteiger partial charge in [-0.05, 0) is 30.3 Å². The average molecular weight is 264 g/mol. The van der Waals surface area contributed by atoms with Gasteiger partial charge in [-0.2, -0.15) is 0 Å². The molecule has 0 aliphatic carbocycles. The second kappa shape index (κ2) is 4.66. The van der Waals surface area contributed by atoms with E-state index in [1.807, 2.05) is 0 Å². The second-order valence-electron chi connectivity index (χ2n) is 3.77. The van der Waals surface area contributed by atoms with Gasteiger partial charge in [0, 0.05) is 24.2 Å². The molecule has 0 amide bonds. The van der Waals surface area contributed by atoms with E-state index in [9.17, 15) is 8.42 Å². The summed E-state index contributed by atoms with van der Waals surface area (Å²) in [6.07, 6.45) is 2.69. The summed E-state index contributed by atoms with van der Waals surface area (Å²) >= 11 is 0. The maximum absolute atomic E-state index is 11.3. The number of nitrogen functional groups attached to an aromatic ring is 1. The van der Waals surface area contributed by atoms with Gasteiger partial charge in [-0.25, -0.2) is 13.4 Å². The van der Waals surface area contributed by atoms with Crippen molar-refractivity contribution in [1.82, 2.24) is 4.98 Å². The lowest BCUT2D eigenvalue weighted by Gasteiger charge is -2.05. The van der Waals surface area contributed by atoms with Gasteiger partial charge in [-0.3, -0.25) is 0 Å². The molecule has 0 atom stereocenters. The van der Waals surface area contributed by atoms with E-state index in [0.717, 1.165) is 6.26 Å². The molecular weight excluding hydrogens is 252 g/mol. The Kier molecular flexibility index (Phi) is 3.20. The third-order valence-corrected chi connectivity index (χ3v) is 3.36. The van der Waals surface area contributed by atoms with Gasteiger partial charge >= 0.3 is 0 Å². The van der Waals surface area contributed by atoms with Crippen LogP contribution in [-0.4, -0.2) is 19.7 Å². The molecule has 0 saturated carbocycles. The highest BCUT2D eigenvalue weighted by Crippen LogP contribution is 2.22. The Labute approximate surface area is 105 Å². The zero-order valence-electron chi connectivity index (χ0n) is 9.70.